The minimum atomic E-state index is -1.22. The van der Waals surface area contributed by atoms with Gasteiger partial charge in [0.05, 0.1) is 0 Å². The first kappa shape index (κ1) is 15.7. The molecule has 28 heavy (non-hydrogen) atoms. The van der Waals surface area contributed by atoms with Gasteiger partial charge in [0, 0.05) is 21.7 Å². The van der Waals surface area contributed by atoms with E-state index in [0.29, 0.717) is 12.2 Å². The molecule has 2 N–H and O–H groups in total. The van der Waals surface area contributed by atoms with Crippen molar-refractivity contribution in [2.75, 3.05) is 0 Å². The molecule has 0 amide bonds. The number of hydrogen-bond acceptors (Lipinski definition) is 3. The number of aliphatic hydroxyl groups is 2. The third kappa shape index (κ3) is 1.77. The summed E-state index contributed by atoms with van der Waals surface area (Å²) in [6.45, 7) is 1.94. The fourth-order valence-electron chi connectivity index (χ4n) is 4.71. The molecule has 3 heteroatoms. The third-order valence-corrected chi connectivity index (χ3v) is 6.13. The maximum atomic E-state index is 11.5. The van der Waals surface area contributed by atoms with Crippen LogP contribution in [0.2, 0.25) is 0 Å². The zero-order chi connectivity index (χ0) is 19.0. The number of rotatable bonds is 1. The van der Waals surface area contributed by atoms with Gasteiger partial charge in [-0.2, -0.15) is 0 Å². The summed E-state index contributed by atoms with van der Waals surface area (Å²) >= 11 is 0. The van der Waals surface area contributed by atoms with Crippen LogP contribution in [0.4, 0.5) is 0 Å². The minimum absolute atomic E-state index is 0.272. The molecule has 0 saturated heterocycles. The highest BCUT2D eigenvalue weighted by Gasteiger charge is 2.37. The second kappa shape index (κ2) is 5.15. The molecule has 0 saturated carbocycles. The molecule has 3 nitrogen and oxygen atoms in total. The van der Waals surface area contributed by atoms with Gasteiger partial charge in [0.15, 0.2) is 0 Å². The molecule has 1 atom stereocenters. The Kier molecular flexibility index (Phi) is 2.89. The SMILES string of the molecule is CCC1(O)C=c2c(ccc3c2=C(O)c2ccccc2-3)-c2c1oc1ccccc21. The number of para-hydroxylation sites is 1. The minimum Gasteiger partial charge on any atom is -0.507 e. The molecule has 1 aromatic heterocycles. The van der Waals surface area contributed by atoms with Gasteiger partial charge in [-0.3, -0.25) is 0 Å². The van der Waals surface area contributed by atoms with Crippen LogP contribution in [-0.2, 0) is 5.60 Å². The first-order chi connectivity index (χ1) is 13.6. The van der Waals surface area contributed by atoms with Gasteiger partial charge < -0.3 is 14.6 Å². The van der Waals surface area contributed by atoms with Crippen LogP contribution in [0.15, 0.2) is 65.1 Å². The molecule has 6 rings (SSSR count). The van der Waals surface area contributed by atoms with Crippen molar-refractivity contribution in [3.05, 3.63) is 82.4 Å². The van der Waals surface area contributed by atoms with E-state index in [1.165, 1.54) is 0 Å². The zero-order valence-electron chi connectivity index (χ0n) is 15.4. The molecule has 2 aliphatic rings. The summed E-state index contributed by atoms with van der Waals surface area (Å²) in [6.07, 6.45) is 2.34. The lowest BCUT2D eigenvalue weighted by atomic mass is 9.82. The number of fused-ring (bicyclic) bond motifs is 9. The second-order valence-corrected chi connectivity index (χ2v) is 7.57. The van der Waals surface area contributed by atoms with E-state index in [1.807, 2.05) is 61.5 Å². The van der Waals surface area contributed by atoms with Crippen molar-refractivity contribution >= 4 is 22.8 Å². The van der Waals surface area contributed by atoms with E-state index in [1.54, 1.807) is 0 Å². The Bertz CT molecular complexity index is 1420. The molecule has 0 spiro atoms. The van der Waals surface area contributed by atoms with Crippen LogP contribution in [0.1, 0.15) is 24.7 Å². The van der Waals surface area contributed by atoms with E-state index in [2.05, 4.69) is 12.1 Å². The van der Waals surface area contributed by atoms with Crippen molar-refractivity contribution in [1.82, 2.24) is 0 Å². The lowest BCUT2D eigenvalue weighted by Crippen LogP contribution is -2.37. The molecular weight excluding hydrogens is 348 g/mol. The highest BCUT2D eigenvalue weighted by atomic mass is 16.4. The van der Waals surface area contributed by atoms with Crippen LogP contribution in [0.25, 0.3) is 45.1 Å². The van der Waals surface area contributed by atoms with E-state index in [4.69, 9.17) is 4.42 Å². The largest absolute Gasteiger partial charge is 0.507 e. The predicted octanol–water partition coefficient (Wildman–Crippen LogP) is 4.19. The summed E-state index contributed by atoms with van der Waals surface area (Å²) in [4.78, 5) is 0. The Balaban J connectivity index is 1.83. The van der Waals surface area contributed by atoms with Crippen LogP contribution in [-0.4, -0.2) is 10.2 Å². The Morgan fingerprint density at radius 2 is 1.57 bits per heavy atom. The van der Waals surface area contributed by atoms with Crippen molar-refractivity contribution in [2.24, 2.45) is 0 Å². The quantitative estimate of drug-likeness (QED) is 0.531. The van der Waals surface area contributed by atoms with E-state index in [-0.39, 0.29) is 5.76 Å². The standard InChI is InChI=1S/C25H18O3/c1-2-25(27)13-19-16(22-18-9-5-6-10-20(18)28-24(22)25)12-11-15-14-7-3-4-8-17(14)23(26)21(15)19/h3-13,26-27H,2H2,1H3. The van der Waals surface area contributed by atoms with Gasteiger partial charge in [0.2, 0.25) is 0 Å². The van der Waals surface area contributed by atoms with Crippen LogP contribution < -0.4 is 10.4 Å². The zero-order valence-corrected chi connectivity index (χ0v) is 15.4. The first-order valence-electron chi connectivity index (χ1n) is 9.56. The molecule has 0 aliphatic heterocycles. The molecule has 3 aromatic carbocycles. The predicted molar refractivity (Wildman–Crippen MR) is 110 cm³/mol. The van der Waals surface area contributed by atoms with Crippen LogP contribution >= 0.6 is 0 Å². The summed E-state index contributed by atoms with van der Waals surface area (Å²) in [5.74, 6) is 0.854. The molecule has 1 heterocycles. The highest BCUT2D eigenvalue weighted by Crippen LogP contribution is 2.44. The fourth-order valence-corrected chi connectivity index (χ4v) is 4.71. The van der Waals surface area contributed by atoms with Gasteiger partial charge in [-0.1, -0.05) is 61.5 Å². The molecule has 1 unspecified atom stereocenters. The van der Waals surface area contributed by atoms with E-state index < -0.39 is 5.60 Å². The van der Waals surface area contributed by atoms with Gasteiger partial charge in [0.1, 0.15) is 22.7 Å². The number of aliphatic hydroxyl groups excluding tert-OH is 1. The molecule has 0 radical (unpaired) electrons. The lowest BCUT2D eigenvalue weighted by Gasteiger charge is -2.26. The molecule has 136 valence electrons. The monoisotopic (exact) mass is 366 g/mol. The van der Waals surface area contributed by atoms with Crippen molar-refractivity contribution in [3.8, 4) is 22.3 Å². The Morgan fingerprint density at radius 1 is 0.857 bits per heavy atom. The topological polar surface area (TPSA) is 53.6 Å². The first-order valence-corrected chi connectivity index (χ1v) is 9.56. The van der Waals surface area contributed by atoms with Crippen molar-refractivity contribution < 1.29 is 14.6 Å². The number of hydrogen-bond donors (Lipinski definition) is 2. The molecule has 0 fully saturated rings. The summed E-state index contributed by atoms with van der Waals surface area (Å²) in [5.41, 5.74) is 4.30. The molecule has 2 aliphatic carbocycles. The van der Waals surface area contributed by atoms with Gasteiger partial charge in [0.25, 0.3) is 0 Å². The van der Waals surface area contributed by atoms with Crippen LogP contribution in [0.5, 0.6) is 0 Å². The average molecular weight is 366 g/mol. The van der Waals surface area contributed by atoms with Crippen molar-refractivity contribution in [3.63, 3.8) is 0 Å². The summed E-state index contributed by atoms with van der Waals surface area (Å²) < 4.78 is 6.11. The van der Waals surface area contributed by atoms with Gasteiger partial charge in [-0.15, -0.1) is 0 Å². The summed E-state index contributed by atoms with van der Waals surface area (Å²) in [7, 11) is 0. The van der Waals surface area contributed by atoms with Crippen LogP contribution in [0.3, 0.4) is 0 Å². The number of benzene rings is 3. The fraction of sp³-hybridized carbons (Fsp3) is 0.120. The maximum absolute atomic E-state index is 11.5. The molecule has 0 bridgehead atoms. The smallest absolute Gasteiger partial charge is 0.148 e. The van der Waals surface area contributed by atoms with E-state index >= 15 is 0 Å². The lowest BCUT2D eigenvalue weighted by molar-refractivity contribution is 0.0790. The second-order valence-electron chi connectivity index (χ2n) is 7.57. The molecular formula is C25H18O3. The maximum Gasteiger partial charge on any atom is 0.148 e. The summed E-state index contributed by atoms with van der Waals surface area (Å²) in [5, 5.41) is 25.2. The Labute approximate surface area is 161 Å². The normalized spacial score (nSPS) is 19.0. The van der Waals surface area contributed by atoms with Crippen molar-refractivity contribution in [1.29, 1.82) is 0 Å². The van der Waals surface area contributed by atoms with Crippen molar-refractivity contribution in [2.45, 2.75) is 18.9 Å². The van der Waals surface area contributed by atoms with Gasteiger partial charge >= 0.3 is 0 Å². The third-order valence-electron chi connectivity index (χ3n) is 6.13. The van der Waals surface area contributed by atoms with E-state index in [9.17, 15) is 10.2 Å². The Hall–Kier alpha value is -3.30. The average Bonchev–Trinajstić information content (AvgIpc) is 3.26. The molecule has 4 aromatic rings. The van der Waals surface area contributed by atoms with Gasteiger partial charge in [-0.05, 0) is 40.5 Å². The number of furan rings is 1. The summed E-state index contributed by atoms with van der Waals surface area (Å²) in [6, 6.07) is 19.9. The van der Waals surface area contributed by atoms with Gasteiger partial charge in [-0.25, -0.2) is 0 Å². The van der Waals surface area contributed by atoms with Crippen LogP contribution in [0, 0.1) is 0 Å². The Morgan fingerprint density at radius 3 is 2.39 bits per heavy atom. The van der Waals surface area contributed by atoms with E-state index in [0.717, 1.165) is 49.2 Å². The highest BCUT2D eigenvalue weighted by molar-refractivity contribution is 5.99.